The summed E-state index contributed by atoms with van der Waals surface area (Å²) in [5.41, 5.74) is 1.29. The zero-order valence-corrected chi connectivity index (χ0v) is 16.1. The van der Waals surface area contributed by atoms with Gasteiger partial charge in [-0.15, -0.1) is 0 Å². The van der Waals surface area contributed by atoms with E-state index in [1.807, 2.05) is 75.4 Å². The first kappa shape index (κ1) is 20.4. The second-order valence-corrected chi connectivity index (χ2v) is 7.61. The van der Waals surface area contributed by atoms with Crippen molar-refractivity contribution in [1.29, 1.82) is 0 Å². The monoisotopic (exact) mass is 366 g/mol. The number of hydrogen-bond acceptors (Lipinski definition) is 3. The van der Waals surface area contributed by atoms with Gasteiger partial charge in [0.2, 0.25) is 0 Å². The van der Waals surface area contributed by atoms with E-state index in [0.29, 0.717) is 6.42 Å². The first-order valence-electron chi connectivity index (χ1n) is 8.88. The molecule has 0 aliphatic rings. The van der Waals surface area contributed by atoms with Gasteiger partial charge in [0, 0.05) is 11.8 Å². The number of benzene rings is 2. The van der Waals surface area contributed by atoms with Gasteiger partial charge in [0.1, 0.15) is 12.0 Å². The van der Waals surface area contributed by atoms with Gasteiger partial charge >= 0.3 is 11.9 Å². The third-order valence-corrected chi connectivity index (χ3v) is 4.70. The summed E-state index contributed by atoms with van der Waals surface area (Å²) < 4.78 is 5.93. The molecule has 0 aromatic heterocycles. The van der Waals surface area contributed by atoms with Crippen LogP contribution in [0.25, 0.3) is 6.08 Å². The largest absolute Gasteiger partial charge is 0.481 e. The Morgan fingerprint density at radius 2 is 1.63 bits per heavy atom. The van der Waals surface area contributed by atoms with Gasteiger partial charge in [-0.3, -0.25) is 9.59 Å². The molecule has 2 rings (SSSR count). The molecular weight excluding hydrogens is 340 g/mol. The molecule has 0 amide bonds. The van der Waals surface area contributed by atoms with Crippen LogP contribution in [0.5, 0.6) is 0 Å². The van der Waals surface area contributed by atoms with Gasteiger partial charge in [-0.2, -0.15) is 0 Å². The molecule has 0 aliphatic carbocycles. The van der Waals surface area contributed by atoms with Gasteiger partial charge in [0.15, 0.2) is 0 Å². The van der Waals surface area contributed by atoms with Gasteiger partial charge < -0.3 is 9.84 Å². The van der Waals surface area contributed by atoms with Gasteiger partial charge in [-0.05, 0) is 16.7 Å². The van der Waals surface area contributed by atoms with Crippen molar-refractivity contribution in [2.24, 2.45) is 5.41 Å². The lowest BCUT2D eigenvalue weighted by atomic mass is 9.68. The number of carbonyl (C=O) groups is 2. The number of aliphatic carboxylic acids is 1. The van der Waals surface area contributed by atoms with E-state index in [-0.39, 0.29) is 0 Å². The van der Waals surface area contributed by atoms with Crippen molar-refractivity contribution in [3.05, 3.63) is 77.9 Å². The van der Waals surface area contributed by atoms with Crippen molar-refractivity contribution >= 4 is 18.0 Å². The Hall–Kier alpha value is -2.88. The van der Waals surface area contributed by atoms with Crippen LogP contribution in [0.1, 0.15) is 43.9 Å². The molecule has 0 fully saturated rings. The molecule has 1 atom stereocenters. The lowest BCUT2D eigenvalue weighted by molar-refractivity contribution is -0.178. The van der Waals surface area contributed by atoms with Crippen LogP contribution in [-0.4, -0.2) is 17.0 Å². The van der Waals surface area contributed by atoms with Crippen molar-refractivity contribution in [3.8, 4) is 0 Å². The number of hydrogen-bond donors (Lipinski definition) is 1. The van der Waals surface area contributed by atoms with E-state index in [9.17, 15) is 9.59 Å². The van der Waals surface area contributed by atoms with Gasteiger partial charge in [0.05, 0.1) is 0 Å². The maximum Gasteiger partial charge on any atom is 0.318 e. The highest BCUT2D eigenvalue weighted by molar-refractivity contribution is 5.90. The predicted molar refractivity (Wildman–Crippen MR) is 106 cm³/mol. The summed E-state index contributed by atoms with van der Waals surface area (Å²) in [6.45, 7) is 9.74. The van der Waals surface area contributed by atoms with Crippen LogP contribution < -0.4 is 0 Å². The van der Waals surface area contributed by atoms with Gasteiger partial charge in [-0.1, -0.05) is 88.0 Å². The second-order valence-electron chi connectivity index (χ2n) is 7.61. The first-order chi connectivity index (χ1) is 12.7. The zero-order chi connectivity index (χ0) is 20.1. The zero-order valence-electron chi connectivity index (χ0n) is 16.1. The molecule has 1 N–H and O–H groups in total. The fourth-order valence-electron chi connectivity index (χ4n) is 3.17. The third-order valence-electron chi connectivity index (χ3n) is 4.70. The number of esters is 1. The van der Waals surface area contributed by atoms with Crippen molar-refractivity contribution in [2.45, 2.75) is 39.2 Å². The average Bonchev–Trinajstić information content (AvgIpc) is 2.60. The van der Waals surface area contributed by atoms with Crippen LogP contribution in [0.2, 0.25) is 0 Å². The summed E-state index contributed by atoms with van der Waals surface area (Å²) in [5, 5.41) is 9.00. The fraction of sp³-hybridized carbons (Fsp3) is 0.304. The van der Waals surface area contributed by atoms with E-state index in [2.05, 4.69) is 6.58 Å². The summed E-state index contributed by atoms with van der Waals surface area (Å²) in [6, 6.07) is 17.4. The summed E-state index contributed by atoms with van der Waals surface area (Å²) >= 11 is 0. The molecule has 0 saturated carbocycles. The quantitative estimate of drug-likeness (QED) is 0.563. The minimum Gasteiger partial charge on any atom is -0.481 e. The maximum atomic E-state index is 12.4. The Kier molecular flexibility index (Phi) is 6.21. The average molecular weight is 366 g/mol. The summed E-state index contributed by atoms with van der Waals surface area (Å²) in [6.07, 6.45) is 1.52. The molecular formula is C23H26O4. The topological polar surface area (TPSA) is 63.6 Å². The Morgan fingerprint density at radius 3 is 2.11 bits per heavy atom. The second kappa shape index (κ2) is 8.21. The van der Waals surface area contributed by atoms with Crippen LogP contribution in [0, 0.1) is 5.41 Å². The van der Waals surface area contributed by atoms with E-state index in [1.165, 1.54) is 0 Å². The van der Waals surface area contributed by atoms with Crippen molar-refractivity contribution in [3.63, 3.8) is 0 Å². The Bertz CT molecular complexity index is 801. The minimum absolute atomic E-state index is 0.441. The normalized spacial score (nSPS) is 13.4. The summed E-state index contributed by atoms with van der Waals surface area (Å²) in [5.74, 6) is -1.95. The van der Waals surface area contributed by atoms with E-state index in [0.717, 1.165) is 16.7 Å². The highest BCUT2D eigenvalue weighted by atomic mass is 16.6. The fourth-order valence-corrected chi connectivity index (χ4v) is 3.17. The van der Waals surface area contributed by atoms with E-state index in [4.69, 9.17) is 9.84 Å². The van der Waals surface area contributed by atoms with E-state index < -0.39 is 29.4 Å². The van der Waals surface area contributed by atoms with Gasteiger partial charge in [0.25, 0.3) is 0 Å². The van der Waals surface area contributed by atoms with Crippen molar-refractivity contribution < 1.29 is 19.4 Å². The van der Waals surface area contributed by atoms with Gasteiger partial charge in [-0.25, -0.2) is 0 Å². The van der Waals surface area contributed by atoms with Crippen LogP contribution in [-0.2, 0) is 26.3 Å². The van der Waals surface area contributed by atoms with Crippen LogP contribution >= 0.6 is 0 Å². The number of carboxylic acids is 1. The molecule has 0 bridgehead atoms. The Morgan fingerprint density at radius 1 is 1.04 bits per heavy atom. The molecule has 27 heavy (non-hydrogen) atoms. The van der Waals surface area contributed by atoms with Crippen LogP contribution in [0.3, 0.4) is 0 Å². The lowest BCUT2D eigenvalue weighted by Crippen LogP contribution is -2.46. The smallest absolute Gasteiger partial charge is 0.318 e. The van der Waals surface area contributed by atoms with E-state index in [1.54, 1.807) is 6.08 Å². The third kappa shape index (κ3) is 4.85. The molecule has 2 aromatic rings. The molecule has 0 saturated heterocycles. The highest BCUT2D eigenvalue weighted by Crippen LogP contribution is 2.45. The molecule has 1 unspecified atom stereocenters. The van der Waals surface area contributed by atoms with Crippen molar-refractivity contribution in [2.75, 3.05) is 0 Å². The molecule has 4 heteroatoms. The minimum atomic E-state index is -1.20. The van der Waals surface area contributed by atoms with Crippen molar-refractivity contribution in [1.82, 2.24) is 0 Å². The molecule has 142 valence electrons. The van der Waals surface area contributed by atoms with Crippen LogP contribution in [0.15, 0.2) is 61.2 Å². The number of carboxylic acid groups (broad SMARTS) is 1. The number of carbonyl (C=O) groups excluding carboxylic acids is 1. The summed E-state index contributed by atoms with van der Waals surface area (Å²) in [7, 11) is 0. The van der Waals surface area contributed by atoms with Crippen LogP contribution in [0.4, 0.5) is 0 Å². The molecule has 0 radical (unpaired) electrons. The SMILES string of the molecule is C=Cc1ccc(C(Cc2ccccc2)(OC(=O)CC(=O)O)C(C)(C)C)cc1. The van der Waals surface area contributed by atoms with E-state index >= 15 is 0 Å². The predicted octanol–water partition coefficient (Wildman–Crippen LogP) is 4.83. The molecule has 0 spiro atoms. The number of ether oxygens (including phenoxy) is 1. The molecule has 2 aromatic carbocycles. The first-order valence-corrected chi connectivity index (χ1v) is 8.88. The number of rotatable bonds is 7. The standard InChI is InChI=1S/C23H26O4/c1-5-17-11-13-19(14-12-17)23(22(2,3)4,27-21(26)15-20(24)25)16-18-9-7-6-8-10-18/h5-14H,1,15-16H2,2-4H3,(H,24,25). The molecule has 4 nitrogen and oxygen atoms in total. The Labute approximate surface area is 160 Å². The Balaban J connectivity index is 2.58. The summed E-state index contributed by atoms with van der Waals surface area (Å²) in [4.78, 5) is 23.4. The molecule has 0 aliphatic heterocycles. The highest BCUT2D eigenvalue weighted by Gasteiger charge is 2.47. The maximum absolute atomic E-state index is 12.4. The molecule has 0 heterocycles. The lowest BCUT2D eigenvalue weighted by Gasteiger charge is -2.44.